The van der Waals surface area contributed by atoms with Crippen LogP contribution < -0.4 is 15.1 Å². The van der Waals surface area contributed by atoms with E-state index in [-0.39, 0.29) is 16.9 Å². The zero-order valence-electron chi connectivity index (χ0n) is 27.5. The zero-order valence-corrected chi connectivity index (χ0v) is 27.5. The Morgan fingerprint density at radius 1 is 0.933 bits per heavy atom. The van der Waals surface area contributed by atoms with Crippen LogP contribution in [0.25, 0.3) is 16.6 Å². The number of hydrogen-bond acceptors (Lipinski definition) is 7. The summed E-state index contributed by atoms with van der Waals surface area (Å²) in [7, 11) is 0. The summed E-state index contributed by atoms with van der Waals surface area (Å²) in [6.07, 6.45) is 9.27. The summed E-state index contributed by atoms with van der Waals surface area (Å²) in [5.41, 5.74) is 4.79. The first-order valence-corrected chi connectivity index (χ1v) is 17.3. The van der Waals surface area contributed by atoms with Gasteiger partial charge in [0.25, 0.3) is 5.91 Å². The van der Waals surface area contributed by atoms with Crippen LogP contribution >= 0.6 is 0 Å². The van der Waals surface area contributed by atoms with Gasteiger partial charge in [-0.25, -0.2) is 0 Å². The fourth-order valence-corrected chi connectivity index (χ4v) is 8.82. The van der Waals surface area contributed by atoms with E-state index in [2.05, 4.69) is 93.6 Å². The molecular weight excluding hydrogens is 560 g/mol. The van der Waals surface area contributed by atoms with Crippen molar-refractivity contribution in [3.05, 3.63) is 47.7 Å². The van der Waals surface area contributed by atoms with Gasteiger partial charge in [-0.15, -0.1) is 0 Å². The second-order valence-electron chi connectivity index (χ2n) is 14.9. The fraction of sp³-hybridized carbons (Fsp3) is 0.583. The third-order valence-electron chi connectivity index (χ3n) is 11.0. The molecule has 0 unspecified atom stereocenters. The van der Waals surface area contributed by atoms with Gasteiger partial charge in [0, 0.05) is 73.9 Å². The van der Waals surface area contributed by atoms with E-state index >= 15 is 0 Å². The maximum absolute atomic E-state index is 14.6. The van der Waals surface area contributed by atoms with Crippen molar-refractivity contribution < 1.29 is 4.79 Å². The molecule has 3 fully saturated rings. The van der Waals surface area contributed by atoms with Gasteiger partial charge in [-0.05, 0) is 83.5 Å². The predicted molar refractivity (Wildman–Crippen MR) is 182 cm³/mol. The van der Waals surface area contributed by atoms with Crippen molar-refractivity contribution in [1.82, 2.24) is 24.3 Å². The highest BCUT2D eigenvalue weighted by Gasteiger charge is 2.51. The van der Waals surface area contributed by atoms with Crippen molar-refractivity contribution in [2.24, 2.45) is 5.41 Å². The zero-order chi connectivity index (χ0) is 30.9. The van der Waals surface area contributed by atoms with Crippen LogP contribution in [0, 0.1) is 5.41 Å². The standard InChI is InChI=1S/C36H48N8O/c1-5-36-14-10-17-42-18-13-26-25-11-6-7-12-27(25)44(31(26)32(36)42)28(24-36)33(45)43-21-19-41(20-22-43)30-23-29(40-15-8-9-16-40)37-34(38-30)39-35(2,3)4/h6-7,11-12,23-24,32H,5,8-10,13-22H2,1-4H3,(H,37,38,39)/t32-,36+/m1/s1. The SMILES string of the molecule is CC[C@@]12C=C(C(=O)N3CCN(c4cc(N5CCCC5)nc(NC(C)(C)C)n4)CC3)n3c4c(c5ccccc53)CCN(CCC1)[C@H]42. The van der Waals surface area contributed by atoms with Crippen molar-refractivity contribution in [3.8, 4) is 0 Å². The van der Waals surface area contributed by atoms with Crippen molar-refractivity contribution >= 4 is 40.1 Å². The van der Waals surface area contributed by atoms with Gasteiger partial charge in [-0.1, -0.05) is 25.1 Å². The molecule has 3 saturated heterocycles. The normalized spacial score (nSPS) is 25.0. The molecule has 7 heterocycles. The molecule has 8 rings (SSSR count). The topological polar surface area (TPSA) is 72.8 Å². The molecule has 9 heteroatoms. The number of piperazine rings is 1. The van der Waals surface area contributed by atoms with Gasteiger partial charge in [0.2, 0.25) is 5.95 Å². The Balaban J connectivity index is 1.10. The van der Waals surface area contributed by atoms with Crippen molar-refractivity contribution in [2.45, 2.75) is 77.8 Å². The second kappa shape index (κ2) is 10.7. The highest BCUT2D eigenvalue weighted by molar-refractivity contribution is 6.16. The summed E-state index contributed by atoms with van der Waals surface area (Å²) >= 11 is 0. The van der Waals surface area contributed by atoms with Crippen LogP contribution in [-0.4, -0.2) is 88.1 Å². The van der Waals surface area contributed by atoms with E-state index < -0.39 is 0 Å². The smallest absolute Gasteiger partial charge is 0.270 e. The predicted octanol–water partition coefficient (Wildman–Crippen LogP) is 5.53. The van der Waals surface area contributed by atoms with Gasteiger partial charge >= 0.3 is 0 Å². The van der Waals surface area contributed by atoms with E-state index in [1.165, 1.54) is 41.4 Å². The van der Waals surface area contributed by atoms with Crippen LogP contribution in [0.5, 0.6) is 0 Å². The average molecular weight is 609 g/mol. The van der Waals surface area contributed by atoms with E-state index in [9.17, 15) is 4.79 Å². The van der Waals surface area contributed by atoms with E-state index in [1.54, 1.807) is 0 Å². The molecule has 2 atom stereocenters. The Morgan fingerprint density at radius 2 is 1.64 bits per heavy atom. The quantitative estimate of drug-likeness (QED) is 0.408. The lowest BCUT2D eigenvalue weighted by molar-refractivity contribution is -0.125. The lowest BCUT2D eigenvalue weighted by atomic mass is 9.66. The number of anilines is 3. The number of rotatable bonds is 5. The molecule has 0 radical (unpaired) electrons. The lowest BCUT2D eigenvalue weighted by Gasteiger charge is -2.53. The molecule has 1 N–H and O–H groups in total. The second-order valence-corrected chi connectivity index (χ2v) is 14.9. The number of carbonyl (C=O) groups is 1. The molecule has 9 nitrogen and oxygen atoms in total. The van der Waals surface area contributed by atoms with Gasteiger partial charge in [-0.2, -0.15) is 9.97 Å². The van der Waals surface area contributed by atoms with Gasteiger partial charge in [-0.3, -0.25) is 9.69 Å². The number of nitrogens with one attached hydrogen (secondary N) is 1. The van der Waals surface area contributed by atoms with Crippen molar-refractivity contribution in [2.75, 3.05) is 67.5 Å². The molecule has 45 heavy (non-hydrogen) atoms. The van der Waals surface area contributed by atoms with Crippen LogP contribution in [-0.2, 0) is 11.2 Å². The Hall–Kier alpha value is -3.59. The molecule has 5 aliphatic heterocycles. The first kappa shape index (κ1) is 28.9. The monoisotopic (exact) mass is 608 g/mol. The van der Waals surface area contributed by atoms with Crippen molar-refractivity contribution in [3.63, 3.8) is 0 Å². The molecule has 3 aromatic rings. The highest BCUT2D eigenvalue weighted by Crippen LogP contribution is 2.57. The Labute approximate surface area is 267 Å². The maximum Gasteiger partial charge on any atom is 0.270 e. The van der Waals surface area contributed by atoms with Crippen LogP contribution in [0.2, 0.25) is 0 Å². The van der Waals surface area contributed by atoms with Gasteiger partial charge < -0.3 is 24.6 Å². The summed E-state index contributed by atoms with van der Waals surface area (Å²) in [5.74, 6) is 2.80. The number of benzene rings is 1. The fourth-order valence-electron chi connectivity index (χ4n) is 8.82. The van der Waals surface area contributed by atoms with E-state index in [0.29, 0.717) is 25.1 Å². The van der Waals surface area contributed by atoms with E-state index in [4.69, 9.17) is 9.97 Å². The number of amides is 1. The minimum atomic E-state index is -0.133. The molecule has 1 amide bonds. The Morgan fingerprint density at radius 3 is 2.36 bits per heavy atom. The Kier molecular flexibility index (Phi) is 6.89. The minimum Gasteiger partial charge on any atom is -0.356 e. The number of piperidine rings is 1. The van der Waals surface area contributed by atoms with Crippen LogP contribution in [0.15, 0.2) is 36.4 Å². The first-order valence-electron chi connectivity index (χ1n) is 17.3. The minimum absolute atomic E-state index is 0.00794. The van der Waals surface area contributed by atoms with Crippen LogP contribution in [0.3, 0.4) is 0 Å². The number of para-hydroxylation sites is 1. The van der Waals surface area contributed by atoms with Gasteiger partial charge in [0.05, 0.1) is 11.6 Å². The maximum atomic E-state index is 14.6. The number of fused-ring (bicyclic) bond motifs is 3. The molecule has 0 saturated carbocycles. The van der Waals surface area contributed by atoms with Crippen molar-refractivity contribution in [1.29, 1.82) is 0 Å². The third kappa shape index (κ3) is 4.80. The van der Waals surface area contributed by atoms with E-state index in [0.717, 1.165) is 75.9 Å². The molecule has 0 spiro atoms. The van der Waals surface area contributed by atoms with Crippen LogP contribution in [0.4, 0.5) is 17.6 Å². The largest absolute Gasteiger partial charge is 0.356 e. The summed E-state index contributed by atoms with van der Waals surface area (Å²) in [5, 5.41) is 4.83. The number of nitrogens with zero attached hydrogens (tertiary/aromatic N) is 7. The van der Waals surface area contributed by atoms with Gasteiger partial charge in [0.15, 0.2) is 0 Å². The summed E-state index contributed by atoms with van der Waals surface area (Å²) in [6, 6.07) is 11.3. The summed E-state index contributed by atoms with van der Waals surface area (Å²) in [6.45, 7) is 16.0. The number of hydrogen-bond donors (Lipinski definition) is 1. The molecular formula is C36H48N8O. The summed E-state index contributed by atoms with van der Waals surface area (Å²) in [4.78, 5) is 34.0. The molecule has 5 aliphatic rings. The average Bonchev–Trinajstić information content (AvgIpc) is 3.70. The highest BCUT2D eigenvalue weighted by atomic mass is 16.2. The number of carbonyl (C=O) groups excluding carboxylic acids is 1. The van der Waals surface area contributed by atoms with Crippen LogP contribution in [0.1, 0.15) is 77.1 Å². The first-order chi connectivity index (χ1) is 21.7. The molecule has 0 bridgehead atoms. The molecule has 238 valence electrons. The molecule has 1 aromatic carbocycles. The summed E-state index contributed by atoms with van der Waals surface area (Å²) < 4.78 is 2.37. The molecule has 2 aromatic heterocycles. The third-order valence-corrected chi connectivity index (χ3v) is 11.0. The number of aromatic nitrogens is 3. The van der Waals surface area contributed by atoms with Gasteiger partial charge in [0.1, 0.15) is 17.3 Å². The Bertz CT molecular complexity index is 1660. The molecule has 0 aliphatic carbocycles. The van der Waals surface area contributed by atoms with E-state index in [1.807, 2.05) is 0 Å². The lowest BCUT2D eigenvalue weighted by Crippen LogP contribution is -2.53.